The summed E-state index contributed by atoms with van der Waals surface area (Å²) < 4.78 is 54.5. The van der Waals surface area contributed by atoms with Crippen molar-refractivity contribution < 1.29 is 31.8 Å². The van der Waals surface area contributed by atoms with Crippen LogP contribution in [-0.2, 0) is 14.6 Å². The van der Waals surface area contributed by atoms with Crippen molar-refractivity contribution in [3.8, 4) is 17.5 Å². The summed E-state index contributed by atoms with van der Waals surface area (Å²) in [5, 5.41) is 2.86. The van der Waals surface area contributed by atoms with Crippen LogP contribution < -0.4 is 14.8 Å². The van der Waals surface area contributed by atoms with Gasteiger partial charge in [0.15, 0.2) is 21.4 Å². The Kier molecular flexibility index (Phi) is 7.72. The lowest BCUT2D eigenvalue weighted by Crippen LogP contribution is -2.48. The summed E-state index contributed by atoms with van der Waals surface area (Å²) in [7, 11) is -3.55. The van der Waals surface area contributed by atoms with Crippen LogP contribution in [0, 0.1) is 12.7 Å². The maximum absolute atomic E-state index is 14.4. The molecule has 2 aromatic rings. The van der Waals surface area contributed by atoms with Gasteiger partial charge in [0, 0.05) is 6.26 Å². The summed E-state index contributed by atoms with van der Waals surface area (Å²) in [6.07, 6.45) is 4.52. The molecule has 1 saturated carbocycles. The second kappa shape index (κ2) is 10.3. The topological polar surface area (TPSA) is 117 Å². The van der Waals surface area contributed by atoms with E-state index in [0.29, 0.717) is 12.0 Å². The fraction of sp³-hybridized carbons (Fsp3) is 0.500. The van der Waals surface area contributed by atoms with E-state index in [1.54, 1.807) is 20.8 Å². The zero-order chi connectivity index (χ0) is 24.2. The van der Waals surface area contributed by atoms with Crippen LogP contribution in [0.1, 0.15) is 45.1 Å². The van der Waals surface area contributed by atoms with E-state index in [2.05, 4.69) is 15.3 Å². The van der Waals surface area contributed by atoms with Crippen molar-refractivity contribution in [1.82, 2.24) is 15.3 Å². The van der Waals surface area contributed by atoms with Gasteiger partial charge in [-0.1, -0.05) is 6.42 Å². The van der Waals surface area contributed by atoms with Crippen LogP contribution in [-0.4, -0.2) is 49.0 Å². The quantitative estimate of drug-likeness (QED) is 0.632. The van der Waals surface area contributed by atoms with Gasteiger partial charge < -0.3 is 19.5 Å². The number of carbonyl (C=O) groups is 1. The third-order valence-electron chi connectivity index (χ3n) is 5.14. The molecule has 0 radical (unpaired) electrons. The first-order chi connectivity index (χ1) is 15.5. The first-order valence-corrected chi connectivity index (χ1v) is 12.6. The van der Waals surface area contributed by atoms with Crippen LogP contribution in [0.2, 0.25) is 0 Å². The molecule has 9 nitrogen and oxygen atoms in total. The van der Waals surface area contributed by atoms with Gasteiger partial charge in [-0.05, 0) is 58.2 Å². The number of nitrogens with one attached hydrogen (secondary N) is 1. The number of halogens is 1. The summed E-state index contributed by atoms with van der Waals surface area (Å²) in [5.41, 5.74) is 0.443. The SMILES string of the molecule is Cc1c(Oc2ccc(S(C)(=O)=O)cc2F)ncnc1OC1CCCCC1NC(=O)OC(C)C. The molecule has 1 aromatic heterocycles. The Morgan fingerprint density at radius 1 is 1.18 bits per heavy atom. The molecule has 1 heterocycles. The molecule has 0 saturated heterocycles. The van der Waals surface area contributed by atoms with E-state index in [1.807, 2.05) is 0 Å². The van der Waals surface area contributed by atoms with Crippen LogP contribution in [0.3, 0.4) is 0 Å². The number of ether oxygens (including phenoxy) is 3. The van der Waals surface area contributed by atoms with Gasteiger partial charge in [0.25, 0.3) is 0 Å². The fourth-order valence-electron chi connectivity index (χ4n) is 3.49. The van der Waals surface area contributed by atoms with E-state index in [-0.39, 0.29) is 40.7 Å². The van der Waals surface area contributed by atoms with Crippen LogP contribution >= 0.6 is 0 Å². The van der Waals surface area contributed by atoms with Gasteiger partial charge >= 0.3 is 6.09 Å². The van der Waals surface area contributed by atoms with Crippen molar-refractivity contribution in [2.45, 2.75) is 69.6 Å². The van der Waals surface area contributed by atoms with Gasteiger partial charge in [0.1, 0.15) is 12.4 Å². The molecule has 180 valence electrons. The average Bonchev–Trinajstić information content (AvgIpc) is 2.72. The Morgan fingerprint density at radius 3 is 2.55 bits per heavy atom. The number of hydrogen-bond acceptors (Lipinski definition) is 8. The molecule has 3 rings (SSSR count). The maximum Gasteiger partial charge on any atom is 0.407 e. The molecule has 1 amide bonds. The molecular formula is C22H28FN3O6S. The largest absolute Gasteiger partial charge is 0.472 e. The molecule has 1 N–H and O–H groups in total. The minimum absolute atomic E-state index is 0.0746. The van der Waals surface area contributed by atoms with E-state index in [9.17, 15) is 17.6 Å². The molecule has 1 fully saturated rings. The van der Waals surface area contributed by atoms with Crippen molar-refractivity contribution in [3.05, 3.63) is 35.9 Å². The highest BCUT2D eigenvalue weighted by Crippen LogP contribution is 2.32. The van der Waals surface area contributed by atoms with Crippen LogP contribution in [0.15, 0.2) is 29.4 Å². The van der Waals surface area contributed by atoms with Gasteiger partial charge in [-0.3, -0.25) is 0 Å². The Balaban J connectivity index is 1.76. The second-order valence-electron chi connectivity index (χ2n) is 8.22. The lowest BCUT2D eigenvalue weighted by Gasteiger charge is -2.32. The van der Waals surface area contributed by atoms with Gasteiger partial charge in [-0.2, -0.15) is 0 Å². The minimum Gasteiger partial charge on any atom is -0.472 e. The molecule has 2 atom stereocenters. The number of amides is 1. The highest BCUT2D eigenvalue weighted by molar-refractivity contribution is 7.90. The fourth-order valence-corrected chi connectivity index (χ4v) is 4.12. The van der Waals surface area contributed by atoms with E-state index < -0.39 is 21.7 Å². The zero-order valence-electron chi connectivity index (χ0n) is 19.0. The van der Waals surface area contributed by atoms with Crippen molar-refractivity contribution in [2.75, 3.05) is 6.26 Å². The number of nitrogens with zero attached hydrogens (tertiary/aromatic N) is 2. The van der Waals surface area contributed by atoms with Crippen molar-refractivity contribution in [2.24, 2.45) is 0 Å². The number of rotatable bonds is 7. The number of alkyl carbamates (subject to hydrolysis) is 1. The van der Waals surface area contributed by atoms with Crippen molar-refractivity contribution >= 4 is 15.9 Å². The first-order valence-electron chi connectivity index (χ1n) is 10.7. The molecule has 1 aliphatic rings. The number of aromatic nitrogens is 2. The molecule has 1 aliphatic carbocycles. The highest BCUT2D eigenvalue weighted by atomic mass is 32.2. The Labute approximate surface area is 192 Å². The number of sulfone groups is 1. The van der Waals surface area contributed by atoms with Crippen molar-refractivity contribution in [3.63, 3.8) is 0 Å². The van der Waals surface area contributed by atoms with Gasteiger partial charge in [-0.25, -0.2) is 27.6 Å². The lowest BCUT2D eigenvalue weighted by atomic mass is 9.92. The Bertz CT molecular complexity index is 1110. The predicted molar refractivity (Wildman–Crippen MR) is 118 cm³/mol. The number of hydrogen-bond donors (Lipinski definition) is 1. The van der Waals surface area contributed by atoms with E-state index >= 15 is 0 Å². The van der Waals surface area contributed by atoms with Gasteiger partial charge in [-0.15, -0.1) is 0 Å². The average molecular weight is 482 g/mol. The number of carbonyl (C=O) groups excluding carboxylic acids is 1. The normalized spacial score (nSPS) is 18.6. The third kappa shape index (κ3) is 6.53. The standard InChI is InChI=1S/C22H28FN3O6S/c1-13(2)30-22(27)26-17-7-5-6-8-19(17)32-21-14(3)20(24-12-25-21)31-18-10-9-15(11-16(18)23)33(4,28)29/h9-13,17,19H,5-8H2,1-4H3,(H,26,27). The molecular weight excluding hydrogens is 453 g/mol. The molecule has 0 spiro atoms. The lowest BCUT2D eigenvalue weighted by molar-refractivity contribution is 0.0801. The van der Waals surface area contributed by atoms with Crippen LogP contribution in [0.25, 0.3) is 0 Å². The van der Waals surface area contributed by atoms with Gasteiger partial charge in [0.2, 0.25) is 11.8 Å². The smallest absolute Gasteiger partial charge is 0.407 e. The summed E-state index contributed by atoms with van der Waals surface area (Å²) in [6.45, 7) is 5.22. The van der Waals surface area contributed by atoms with E-state index in [1.165, 1.54) is 18.5 Å². The third-order valence-corrected chi connectivity index (χ3v) is 6.25. The monoisotopic (exact) mass is 481 g/mol. The number of benzene rings is 1. The summed E-state index contributed by atoms with van der Waals surface area (Å²) >= 11 is 0. The zero-order valence-corrected chi connectivity index (χ0v) is 19.8. The van der Waals surface area contributed by atoms with E-state index in [4.69, 9.17) is 14.2 Å². The van der Waals surface area contributed by atoms with Crippen molar-refractivity contribution in [1.29, 1.82) is 0 Å². The molecule has 1 aromatic carbocycles. The predicted octanol–water partition coefficient (Wildman–Crippen LogP) is 3.94. The molecule has 2 unspecified atom stereocenters. The van der Waals surface area contributed by atoms with Crippen LogP contribution in [0.5, 0.6) is 17.5 Å². The summed E-state index contributed by atoms with van der Waals surface area (Å²) in [5.74, 6) is -0.683. The Hall–Kier alpha value is -2.95. The first kappa shape index (κ1) is 24.7. The molecule has 0 aliphatic heterocycles. The minimum atomic E-state index is -3.55. The molecule has 0 bridgehead atoms. The van der Waals surface area contributed by atoms with Crippen LogP contribution in [0.4, 0.5) is 9.18 Å². The highest BCUT2D eigenvalue weighted by Gasteiger charge is 2.30. The molecule has 11 heteroatoms. The molecule has 33 heavy (non-hydrogen) atoms. The summed E-state index contributed by atoms with van der Waals surface area (Å²) in [6, 6.07) is 3.14. The van der Waals surface area contributed by atoms with Gasteiger partial charge in [0.05, 0.1) is 22.6 Å². The second-order valence-corrected chi connectivity index (χ2v) is 10.2. The maximum atomic E-state index is 14.4. The Morgan fingerprint density at radius 2 is 1.88 bits per heavy atom. The summed E-state index contributed by atoms with van der Waals surface area (Å²) in [4.78, 5) is 20.1. The van der Waals surface area contributed by atoms with E-state index in [0.717, 1.165) is 31.6 Å².